The predicted molar refractivity (Wildman–Crippen MR) is 78.0 cm³/mol. The smallest absolute Gasteiger partial charge is 0.216 e. The van der Waals surface area contributed by atoms with Gasteiger partial charge in [-0.1, -0.05) is 18.6 Å². The van der Waals surface area contributed by atoms with E-state index < -0.39 is 0 Å². The monoisotopic (exact) mass is 263 g/mol. The van der Waals surface area contributed by atoms with Crippen molar-refractivity contribution in [3.8, 4) is 0 Å². The highest BCUT2D eigenvalue weighted by Crippen LogP contribution is 2.19. The summed E-state index contributed by atoms with van der Waals surface area (Å²) in [4.78, 5) is 15.3. The Hall–Kier alpha value is -1.58. The number of rotatable bonds is 7. The highest BCUT2D eigenvalue weighted by Gasteiger charge is 2.11. The summed E-state index contributed by atoms with van der Waals surface area (Å²) in [7, 11) is 0. The van der Waals surface area contributed by atoms with Gasteiger partial charge in [0.15, 0.2) is 0 Å². The van der Waals surface area contributed by atoms with Crippen molar-refractivity contribution in [1.29, 1.82) is 0 Å². The number of allylic oxidation sites excluding steroid dienone is 2. The van der Waals surface area contributed by atoms with Gasteiger partial charge in [0.1, 0.15) is 5.82 Å². The van der Waals surface area contributed by atoms with Crippen molar-refractivity contribution in [1.82, 2.24) is 14.9 Å². The Kier molecular flexibility index (Phi) is 6.33. The second-order valence-corrected chi connectivity index (χ2v) is 5.22. The Balaban J connectivity index is 2.50. The lowest BCUT2D eigenvalue weighted by molar-refractivity contribution is -0.118. The molecule has 1 heterocycles. The standard InChI is InChI=1S/C15H25N3O/c1-12(2)6-5-7-13(3)15-17-9-11-18(15)10-8-16-14(4)19/h6,9,11,13H,5,7-8,10H2,1-4H3,(H,16,19)/t13-/m0/s1. The van der Waals surface area contributed by atoms with Gasteiger partial charge >= 0.3 is 0 Å². The predicted octanol–water partition coefficient (Wildman–Crippen LogP) is 2.87. The van der Waals surface area contributed by atoms with Gasteiger partial charge < -0.3 is 9.88 Å². The molecule has 0 aromatic carbocycles. The van der Waals surface area contributed by atoms with Crippen LogP contribution >= 0.6 is 0 Å². The maximum absolute atomic E-state index is 10.9. The summed E-state index contributed by atoms with van der Waals surface area (Å²) in [5.74, 6) is 1.55. The van der Waals surface area contributed by atoms with Crippen molar-refractivity contribution in [2.45, 2.75) is 53.0 Å². The number of imidazole rings is 1. The zero-order chi connectivity index (χ0) is 14.3. The SMILES string of the molecule is CC(=O)NCCn1ccnc1[C@@H](C)CCC=C(C)C. The molecule has 0 spiro atoms. The molecule has 0 bridgehead atoms. The van der Waals surface area contributed by atoms with Gasteiger partial charge in [0.05, 0.1) is 0 Å². The molecule has 0 saturated carbocycles. The van der Waals surface area contributed by atoms with Crippen LogP contribution in [0.15, 0.2) is 24.0 Å². The normalized spacial score (nSPS) is 12.0. The molecular weight excluding hydrogens is 238 g/mol. The van der Waals surface area contributed by atoms with E-state index in [9.17, 15) is 4.79 Å². The second-order valence-electron chi connectivity index (χ2n) is 5.22. The van der Waals surface area contributed by atoms with Gasteiger partial charge in [0, 0.05) is 38.3 Å². The minimum Gasteiger partial charge on any atom is -0.355 e. The van der Waals surface area contributed by atoms with Crippen molar-refractivity contribution in [2.24, 2.45) is 0 Å². The molecular formula is C15H25N3O. The molecule has 0 aliphatic carbocycles. The van der Waals surface area contributed by atoms with Crippen LogP contribution in [0.1, 0.15) is 52.3 Å². The first-order chi connectivity index (χ1) is 9.00. The van der Waals surface area contributed by atoms with Crippen LogP contribution in [0.3, 0.4) is 0 Å². The lowest BCUT2D eigenvalue weighted by atomic mass is 10.0. The number of hydrogen-bond acceptors (Lipinski definition) is 2. The van der Waals surface area contributed by atoms with Crippen molar-refractivity contribution in [3.63, 3.8) is 0 Å². The molecule has 0 aliphatic heterocycles. The van der Waals surface area contributed by atoms with Gasteiger partial charge in [-0.25, -0.2) is 4.98 Å². The van der Waals surface area contributed by atoms with E-state index in [-0.39, 0.29) is 5.91 Å². The van der Waals surface area contributed by atoms with Crippen molar-refractivity contribution >= 4 is 5.91 Å². The van der Waals surface area contributed by atoms with Gasteiger partial charge in [-0.15, -0.1) is 0 Å². The first-order valence-electron chi connectivity index (χ1n) is 6.89. The Morgan fingerprint density at radius 3 is 2.84 bits per heavy atom. The van der Waals surface area contributed by atoms with Crippen molar-refractivity contribution < 1.29 is 4.79 Å². The molecule has 4 nitrogen and oxygen atoms in total. The van der Waals surface area contributed by atoms with Crippen molar-refractivity contribution in [2.75, 3.05) is 6.54 Å². The fraction of sp³-hybridized carbons (Fsp3) is 0.600. The number of aromatic nitrogens is 2. The van der Waals surface area contributed by atoms with E-state index in [0.29, 0.717) is 12.5 Å². The largest absolute Gasteiger partial charge is 0.355 e. The third kappa shape index (κ3) is 5.73. The fourth-order valence-electron chi connectivity index (χ4n) is 2.04. The Morgan fingerprint density at radius 2 is 2.21 bits per heavy atom. The van der Waals surface area contributed by atoms with E-state index in [1.165, 1.54) is 12.5 Å². The molecule has 1 N–H and O–H groups in total. The molecule has 0 fully saturated rings. The fourth-order valence-corrected chi connectivity index (χ4v) is 2.04. The molecule has 1 aromatic rings. The average molecular weight is 263 g/mol. The number of carbonyl (C=O) groups is 1. The van der Waals surface area contributed by atoms with Crippen LogP contribution in [0.25, 0.3) is 0 Å². The molecule has 0 radical (unpaired) electrons. The third-order valence-electron chi connectivity index (χ3n) is 3.07. The number of nitrogens with one attached hydrogen (secondary N) is 1. The van der Waals surface area contributed by atoms with E-state index in [1.54, 1.807) is 0 Å². The summed E-state index contributed by atoms with van der Waals surface area (Å²) < 4.78 is 2.13. The van der Waals surface area contributed by atoms with Crippen LogP contribution in [0, 0.1) is 0 Å². The molecule has 1 atom stereocenters. The summed E-state index contributed by atoms with van der Waals surface area (Å²) in [6, 6.07) is 0. The third-order valence-corrected chi connectivity index (χ3v) is 3.07. The molecule has 1 aromatic heterocycles. The van der Waals surface area contributed by atoms with Gasteiger partial charge in [-0.2, -0.15) is 0 Å². The summed E-state index contributed by atoms with van der Waals surface area (Å²) in [6.45, 7) is 9.42. The highest BCUT2D eigenvalue weighted by atomic mass is 16.1. The second kappa shape index (κ2) is 7.77. The average Bonchev–Trinajstić information content (AvgIpc) is 2.76. The van der Waals surface area contributed by atoms with Crippen LogP contribution in [-0.4, -0.2) is 22.0 Å². The van der Waals surface area contributed by atoms with E-state index in [2.05, 4.69) is 41.7 Å². The Morgan fingerprint density at radius 1 is 1.47 bits per heavy atom. The van der Waals surface area contributed by atoms with E-state index >= 15 is 0 Å². The number of amides is 1. The first kappa shape index (κ1) is 15.5. The molecule has 0 saturated heterocycles. The number of nitrogens with zero attached hydrogens (tertiary/aromatic N) is 2. The minimum atomic E-state index is 0.0123. The van der Waals surface area contributed by atoms with Crippen LogP contribution < -0.4 is 5.32 Å². The molecule has 4 heteroatoms. The maximum Gasteiger partial charge on any atom is 0.216 e. The molecule has 0 aliphatic rings. The maximum atomic E-state index is 10.9. The summed E-state index contributed by atoms with van der Waals surface area (Å²) in [5, 5.41) is 2.81. The van der Waals surface area contributed by atoms with Crippen LogP contribution in [0.2, 0.25) is 0 Å². The van der Waals surface area contributed by atoms with Crippen LogP contribution in [0.4, 0.5) is 0 Å². The Labute approximate surface area is 115 Å². The topological polar surface area (TPSA) is 46.9 Å². The van der Waals surface area contributed by atoms with Gasteiger partial charge in [-0.05, 0) is 26.7 Å². The minimum absolute atomic E-state index is 0.0123. The number of hydrogen-bond donors (Lipinski definition) is 1. The first-order valence-corrected chi connectivity index (χ1v) is 6.89. The van der Waals surface area contributed by atoms with E-state index in [0.717, 1.165) is 25.2 Å². The summed E-state index contributed by atoms with van der Waals surface area (Å²) in [5.41, 5.74) is 1.36. The Bertz CT molecular complexity index is 430. The zero-order valence-electron chi connectivity index (χ0n) is 12.4. The zero-order valence-corrected chi connectivity index (χ0v) is 12.4. The molecule has 0 unspecified atom stereocenters. The van der Waals surface area contributed by atoms with Gasteiger partial charge in [0.25, 0.3) is 0 Å². The summed E-state index contributed by atoms with van der Waals surface area (Å²) in [6.07, 6.45) is 8.26. The summed E-state index contributed by atoms with van der Waals surface area (Å²) >= 11 is 0. The quantitative estimate of drug-likeness (QED) is 0.769. The van der Waals surface area contributed by atoms with Gasteiger partial charge in [0.2, 0.25) is 5.91 Å². The van der Waals surface area contributed by atoms with E-state index in [4.69, 9.17) is 0 Å². The highest BCUT2D eigenvalue weighted by molar-refractivity contribution is 5.72. The lowest BCUT2D eigenvalue weighted by Gasteiger charge is -2.13. The number of carbonyl (C=O) groups excluding carboxylic acids is 1. The molecule has 19 heavy (non-hydrogen) atoms. The van der Waals surface area contributed by atoms with Gasteiger partial charge in [-0.3, -0.25) is 4.79 Å². The van der Waals surface area contributed by atoms with Crippen molar-refractivity contribution in [3.05, 3.63) is 29.9 Å². The van der Waals surface area contributed by atoms with E-state index in [1.807, 2.05) is 12.4 Å². The lowest BCUT2D eigenvalue weighted by Crippen LogP contribution is -2.25. The van der Waals surface area contributed by atoms with Crippen LogP contribution in [-0.2, 0) is 11.3 Å². The molecule has 1 rings (SSSR count). The molecule has 106 valence electrons. The van der Waals surface area contributed by atoms with Crippen LogP contribution in [0.5, 0.6) is 0 Å². The molecule has 1 amide bonds.